The van der Waals surface area contributed by atoms with Gasteiger partial charge in [0.2, 0.25) is 0 Å². The van der Waals surface area contributed by atoms with E-state index in [0.29, 0.717) is 0 Å². The standard InChI is InChI=1S/C16H26N4/c1-4-6-14-18-15(17-3)11(2)16(19-14)20-9-12-7-5-8-13(12)10-20/h12-13H,4-10H2,1-3H3,(H,17,18,19). The molecule has 110 valence electrons. The van der Waals surface area contributed by atoms with E-state index in [-0.39, 0.29) is 0 Å². The van der Waals surface area contributed by atoms with Gasteiger partial charge < -0.3 is 10.2 Å². The number of nitrogens with zero attached hydrogens (tertiary/aromatic N) is 3. The summed E-state index contributed by atoms with van der Waals surface area (Å²) in [5, 5.41) is 3.23. The van der Waals surface area contributed by atoms with Gasteiger partial charge in [0, 0.05) is 32.1 Å². The van der Waals surface area contributed by atoms with Crippen LogP contribution >= 0.6 is 0 Å². The van der Waals surface area contributed by atoms with Gasteiger partial charge in [-0.1, -0.05) is 13.3 Å². The highest BCUT2D eigenvalue weighted by Crippen LogP contribution is 2.40. The van der Waals surface area contributed by atoms with Crippen molar-refractivity contribution >= 4 is 11.6 Å². The molecule has 2 heterocycles. The first-order valence-electron chi connectivity index (χ1n) is 8.03. The fourth-order valence-electron chi connectivity index (χ4n) is 3.84. The second-order valence-electron chi connectivity index (χ2n) is 6.29. The van der Waals surface area contributed by atoms with Crippen molar-refractivity contribution in [1.29, 1.82) is 0 Å². The average molecular weight is 274 g/mol. The first-order chi connectivity index (χ1) is 9.72. The van der Waals surface area contributed by atoms with E-state index in [9.17, 15) is 0 Å². The quantitative estimate of drug-likeness (QED) is 0.916. The Morgan fingerprint density at radius 1 is 1.20 bits per heavy atom. The summed E-state index contributed by atoms with van der Waals surface area (Å²) in [6.45, 7) is 6.71. The molecule has 1 saturated carbocycles. The summed E-state index contributed by atoms with van der Waals surface area (Å²) in [5.41, 5.74) is 1.20. The number of nitrogens with one attached hydrogen (secondary N) is 1. The minimum atomic E-state index is 0.900. The summed E-state index contributed by atoms with van der Waals surface area (Å²) in [6, 6.07) is 0. The molecule has 0 spiro atoms. The van der Waals surface area contributed by atoms with Crippen LogP contribution in [0.3, 0.4) is 0 Å². The Bertz CT molecular complexity index is 474. The smallest absolute Gasteiger partial charge is 0.137 e. The van der Waals surface area contributed by atoms with E-state index in [1.807, 2.05) is 7.05 Å². The fraction of sp³-hybridized carbons (Fsp3) is 0.750. The van der Waals surface area contributed by atoms with Crippen molar-refractivity contribution < 1.29 is 0 Å². The maximum absolute atomic E-state index is 4.85. The molecule has 2 aliphatic rings. The van der Waals surface area contributed by atoms with Crippen molar-refractivity contribution in [2.45, 2.75) is 46.0 Å². The Hall–Kier alpha value is -1.32. The Morgan fingerprint density at radius 2 is 1.90 bits per heavy atom. The molecule has 0 aromatic carbocycles. The maximum atomic E-state index is 4.85. The van der Waals surface area contributed by atoms with Gasteiger partial charge in [-0.15, -0.1) is 0 Å². The molecule has 2 atom stereocenters. The number of anilines is 2. The van der Waals surface area contributed by atoms with Gasteiger partial charge in [0.25, 0.3) is 0 Å². The predicted octanol–water partition coefficient (Wildman–Crippen LogP) is 3.02. The van der Waals surface area contributed by atoms with Crippen LogP contribution in [0.5, 0.6) is 0 Å². The number of aryl methyl sites for hydroxylation is 1. The lowest BCUT2D eigenvalue weighted by molar-refractivity contribution is 0.494. The monoisotopic (exact) mass is 274 g/mol. The molecule has 1 aliphatic carbocycles. The van der Waals surface area contributed by atoms with Gasteiger partial charge in [-0.25, -0.2) is 9.97 Å². The highest BCUT2D eigenvalue weighted by molar-refractivity contribution is 5.59. The lowest BCUT2D eigenvalue weighted by atomic mass is 10.0. The molecule has 20 heavy (non-hydrogen) atoms. The number of hydrogen-bond acceptors (Lipinski definition) is 4. The van der Waals surface area contributed by atoms with E-state index in [4.69, 9.17) is 4.98 Å². The highest BCUT2D eigenvalue weighted by atomic mass is 15.2. The van der Waals surface area contributed by atoms with Crippen LogP contribution in [0, 0.1) is 18.8 Å². The van der Waals surface area contributed by atoms with E-state index >= 15 is 0 Å². The van der Waals surface area contributed by atoms with Gasteiger partial charge in [-0.05, 0) is 38.0 Å². The molecule has 1 aliphatic heterocycles. The van der Waals surface area contributed by atoms with Gasteiger partial charge in [-0.2, -0.15) is 0 Å². The molecule has 0 radical (unpaired) electrons. The molecule has 1 aromatic heterocycles. The van der Waals surface area contributed by atoms with Gasteiger partial charge in [-0.3, -0.25) is 0 Å². The molecule has 0 amide bonds. The van der Waals surface area contributed by atoms with Crippen LogP contribution in [0.4, 0.5) is 11.6 Å². The van der Waals surface area contributed by atoms with Crippen LogP contribution in [0.25, 0.3) is 0 Å². The van der Waals surface area contributed by atoms with E-state index < -0.39 is 0 Å². The van der Waals surface area contributed by atoms with Crippen LogP contribution in [0.2, 0.25) is 0 Å². The number of rotatable bonds is 4. The second-order valence-corrected chi connectivity index (χ2v) is 6.29. The van der Waals surface area contributed by atoms with Crippen molar-refractivity contribution in [2.75, 3.05) is 30.4 Å². The summed E-state index contributed by atoms with van der Waals surface area (Å²) < 4.78 is 0. The van der Waals surface area contributed by atoms with Crippen LogP contribution < -0.4 is 10.2 Å². The van der Waals surface area contributed by atoms with Crippen LogP contribution in [0.15, 0.2) is 0 Å². The zero-order valence-electron chi connectivity index (χ0n) is 12.9. The van der Waals surface area contributed by atoms with Gasteiger partial charge in [0.1, 0.15) is 17.5 Å². The van der Waals surface area contributed by atoms with Gasteiger partial charge in [0.05, 0.1) is 0 Å². The van der Waals surface area contributed by atoms with Crippen molar-refractivity contribution in [3.8, 4) is 0 Å². The maximum Gasteiger partial charge on any atom is 0.137 e. The van der Waals surface area contributed by atoms with Crippen molar-refractivity contribution in [1.82, 2.24) is 9.97 Å². The minimum absolute atomic E-state index is 0.900. The Balaban J connectivity index is 1.89. The molecule has 0 bridgehead atoms. The first-order valence-corrected chi connectivity index (χ1v) is 8.03. The Labute approximate surface area is 122 Å². The normalized spacial score (nSPS) is 25.1. The van der Waals surface area contributed by atoms with Crippen LogP contribution in [-0.4, -0.2) is 30.1 Å². The van der Waals surface area contributed by atoms with E-state index in [1.54, 1.807) is 0 Å². The zero-order chi connectivity index (χ0) is 14.1. The van der Waals surface area contributed by atoms with Crippen LogP contribution in [0.1, 0.15) is 44.0 Å². The molecule has 1 aromatic rings. The largest absolute Gasteiger partial charge is 0.373 e. The molecule has 1 N–H and O–H groups in total. The third kappa shape index (κ3) is 2.36. The minimum Gasteiger partial charge on any atom is -0.373 e. The van der Waals surface area contributed by atoms with Crippen LogP contribution in [-0.2, 0) is 6.42 Å². The van der Waals surface area contributed by atoms with E-state index in [2.05, 4.69) is 29.0 Å². The molecule has 3 rings (SSSR count). The van der Waals surface area contributed by atoms with E-state index in [1.165, 1.54) is 43.7 Å². The molecular weight excluding hydrogens is 248 g/mol. The van der Waals surface area contributed by atoms with Crippen molar-refractivity contribution in [3.63, 3.8) is 0 Å². The predicted molar refractivity (Wildman–Crippen MR) is 83.4 cm³/mol. The number of fused-ring (bicyclic) bond motifs is 1. The summed E-state index contributed by atoms with van der Waals surface area (Å²) in [4.78, 5) is 12.0. The fourth-order valence-corrected chi connectivity index (χ4v) is 3.84. The third-order valence-electron chi connectivity index (χ3n) is 4.90. The lowest BCUT2D eigenvalue weighted by Gasteiger charge is -2.22. The molecule has 1 saturated heterocycles. The second kappa shape index (κ2) is 5.58. The molecule has 2 fully saturated rings. The SMILES string of the molecule is CCCc1nc(NC)c(C)c(N2CC3CCCC3C2)n1. The van der Waals surface area contributed by atoms with Crippen molar-refractivity contribution in [2.24, 2.45) is 11.8 Å². The van der Waals surface area contributed by atoms with Gasteiger partial charge >= 0.3 is 0 Å². The number of hydrogen-bond donors (Lipinski definition) is 1. The molecule has 4 heteroatoms. The summed E-state index contributed by atoms with van der Waals surface area (Å²) in [7, 11) is 1.95. The summed E-state index contributed by atoms with van der Waals surface area (Å²) in [6.07, 6.45) is 6.30. The van der Waals surface area contributed by atoms with Crippen molar-refractivity contribution in [3.05, 3.63) is 11.4 Å². The molecular formula is C16H26N4. The summed E-state index contributed by atoms with van der Waals surface area (Å²) in [5.74, 6) is 4.95. The first kappa shape index (κ1) is 13.7. The lowest BCUT2D eigenvalue weighted by Crippen LogP contribution is -2.24. The van der Waals surface area contributed by atoms with Gasteiger partial charge in [0.15, 0.2) is 0 Å². The Kier molecular flexibility index (Phi) is 3.81. The highest BCUT2D eigenvalue weighted by Gasteiger charge is 2.37. The summed E-state index contributed by atoms with van der Waals surface area (Å²) >= 11 is 0. The zero-order valence-corrected chi connectivity index (χ0v) is 12.9. The molecule has 4 nitrogen and oxygen atoms in total. The molecule has 2 unspecified atom stereocenters. The third-order valence-corrected chi connectivity index (χ3v) is 4.90. The topological polar surface area (TPSA) is 41.1 Å². The average Bonchev–Trinajstić information content (AvgIpc) is 3.01. The number of aromatic nitrogens is 2. The van der Waals surface area contributed by atoms with E-state index in [0.717, 1.165) is 36.3 Å². The Morgan fingerprint density at radius 3 is 2.50 bits per heavy atom.